The highest BCUT2D eigenvalue weighted by atomic mass is 19.3. The minimum absolute atomic E-state index is 0.0214. The van der Waals surface area contributed by atoms with Crippen molar-refractivity contribution in [2.75, 3.05) is 7.11 Å². The molecule has 1 aliphatic rings. The Labute approximate surface area is 93.4 Å². The second-order valence-electron chi connectivity index (χ2n) is 4.43. The molecule has 1 aliphatic carbocycles. The number of halogens is 2. The first kappa shape index (κ1) is 11.3. The summed E-state index contributed by atoms with van der Waals surface area (Å²) in [5.74, 6) is -2.43. The number of methoxy groups -OCH3 is 1. The van der Waals surface area contributed by atoms with Gasteiger partial charge in [0.2, 0.25) is 0 Å². The lowest BCUT2D eigenvalue weighted by Gasteiger charge is -2.22. The maximum absolute atomic E-state index is 13.5. The molecule has 1 fully saturated rings. The third kappa shape index (κ3) is 1.78. The fraction of sp³-hybridized carbons (Fsp3) is 0.500. The van der Waals surface area contributed by atoms with E-state index in [1.54, 1.807) is 12.1 Å². The molecule has 4 heteroatoms. The van der Waals surface area contributed by atoms with Crippen LogP contribution in [0.4, 0.5) is 8.78 Å². The van der Waals surface area contributed by atoms with Crippen molar-refractivity contribution < 1.29 is 13.5 Å². The van der Waals surface area contributed by atoms with E-state index in [2.05, 4.69) is 0 Å². The first-order valence-corrected chi connectivity index (χ1v) is 5.23. The molecule has 2 rings (SSSR count). The lowest BCUT2D eigenvalue weighted by molar-refractivity contribution is 0.0157. The first-order valence-electron chi connectivity index (χ1n) is 5.23. The van der Waals surface area contributed by atoms with E-state index in [1.807, 2.05) is 0 Å². The van der Waals surface area contributed by atoms with Crippen LogP contribution in [0.5, 0.6) is 5.75 Å². The van der Waals surface area contributed by atoms with Gasteiger partial charge in [0.1, 0.15) is 5.75 Å². The van der Waals surface area contributed by atoms with Crippen LogP contribution in [0.3, 0.4) is 0 Å². The van der Waals surface area contributed by atoms with Gasteiger partial charge in [-0.2, -0.15) is 0 Å². The van der Waals surface area contributed by atoms with Gasteiger partial charge in [-0.05, 0) is 18.9 Å². The van der Waals surface area contributed by atoms with Gasteiger partial charge in [-0.1, -0.05) is 12.1 Å². The monoisotopic (exact) mass is 227 g/mol. The van der Waals surface area contributed by atoms with Crippen molar-refractivity contribution >= 4 is 0 Å². The zero-order valence-corrected chi connectivity index (χ0v) is 9.39. The number of hydrogen-bond acceptors (Lipinski definition) is 2. The van der Waals surface area contributed by atoms with Crippen LogP contribution in [0.1, 0.15) is 30.9 Å². The first-order chi connectivity index (χ1) is 7.38. The molecule has 1 saturated carbocycles. The van der Waals surface area contributed by atoms with Crippen molar-refractivity contribution in [3.8, 4) is 5.75 Å². The second-order valence-corrected chi connectivity index (χ2v) is 4.43. The minimum Gasteiger partial charge on any atom is -0.496 e. The average molecular weight is 227 g/mol. The van der Waals surface area contributed by atoms with E-state index in [9.17, 15) is 8.78 Å². The van der Waals surface area contributed by atoms with Gasteiger partial charge in [-0.25, -0.2) is 8.78 Å². The molecule has 0 aromatic heterocycles. The third-order valence-electron chi connectivity index (χ3n) is 3.01. The van der Waals surface area contributed by atoms with Crippen LogP contribution in [0.2, 0.25) is 0 Å². The molecule has 0 amide bonds. The van der Waals surface area contributed by atoms with Gasteiger partial charge in [0.25, 0.3) is 5.92 Å². The van der Waals surface area contributed by atoms with E-state index in [4.69, 9.17) is 10.5 Å². The van der Waals surface area contributed by atoms with E-state index in [0.717, 1.165) is 19.8 Å². The molecule has 2 nitrogen and oxygen atoms in total. The molecule has 16 heavy (non-hydrogen) atoms. The maximum Gasteiger partial charge on any atom is 0.270 e. The Hall–Kier alpha value is -1.16. The minimum atomic E-state index is -2.89. The number of alkyl halides is 2. The number of ether oxygens (including phenoxy) is 1. The van der Waals surface area contributed by atoms with Crippen LogP contribution < -0.4 is 10.5 Å². The molecular formula is C12H15F2NO. The Balaban J connectivity index is 2.61. The lowest BCUT2D eigenvalue weighted by Crippen LogP contribution is -2.25. The molecule has 0 unspecified atom stereocenters. The van der Waals surface area contributed by atoms with Crippen LogP contribution in [-0.2, 0) is 11.5 Å². The van der Waals surface area contributed by atoms with E-state index in [1.165, 1.54) is 13.2 Å². The zero-order chi connectivity index (χ0) is 12.0. The SMILES string of the molecule is COc1cccc(C(C)(F)F)c1C1(N)CC1. The van der Waals surface area contributed by atoms with Crippen LogP contribution in [-0.4, -0.2) is 7.11 Å². The van der Waals surface area contributed by atoms with Gasteiger partial charge in [0.15, 0.2) is 0 Å². The van der Waals surface area contributed by atoms with Gasteiger partial charge in [0, 0.05) is 23.6 Å². The van der Waals surface area contributed by atoms with Crippen molar-refractivity contribution in [3.63, 3.8) is 0 Å². The summed E-state index contributed by atoms with van der Waals surface area (Å²) in [6, 6.07) is 4.67. The van der Waals surface area contributed by atoms with Crippen molar-refractivity contribution in [3.05, 3.63) is 29.3 Å². The number of rotatable bonds is 3. The standard InChI is InChI=1S/C12H15F2NO/c1-11(13,14)8-4-3-5-9(16-2)10(8)12(15)6-7-12/h3-5H,6-7,15H2,1-2H3. The highest BCUT2D eigenvalue weighted by Crippen LogP contribution is 2.50. The fourth-order valence-electron chi connectivity index (χ4n) is 1.97. The molecule has 0 saturated heterocycles. The molecule has 0 bridgehead atoms. The Morgan fingerprint density at radius 1 is 1.38 bits per heavy atom. The van der Waals surface area contributed by atoms with Crippen molar-refractivity contribution in [2.45, 2.75) is 31.2 Å². The molecule has 0 spiro atoms. The van der Waals surface area contributed by atoms with Crippen LogP contribution in [0.15, 0.2) is 18.2 Å². The van der Waals surface area contributed by atoms with Gasteiger partial charge in [0.05, 0.1) is 7.11 Å². The Bertz CT molecular complexity index is 408. The molecular weight excluding hydrogens is 212 g/mol. The summed E-state index contributed by atoms with van der Waals surface area (Å²) in [4.78, 5) is 0. The van der Waals surface area contributed by atoms with E-state index >= 15 is 0 Å². The molecule has 0 aliphatic heterocycles. The summed E-state index contributed by atoms with van der Waals surface area (Å²) >= 11 is 0. The van der Waals surface area contributed by atoms with Crippen LogP contribution in [0.25, 0.3) is 0 Å². The molecule has 1 aromatic carbocycles. The average Bonchev–Trinajstić information content (AvgIpc) is 2.95. The molecule has 0 atom stereocenters. The largest absolute Gasteiger partial charge is 0.496 e. The van der Waals surface area contributed by atoms with E-state index in [-0.39, 0.29) is 5.56 Å². The normalized spacial score (nSPS) is 18.3. The highest BCUT2D eigenvalue weighted by Gasteiger charge is 2.46. The van der Waals surface area contributed by atoms with Crippen molar-refractivity contribution in [1.82, 2.24) is 0 Å². The van der Waals surface area contributed by atoms with Gasteiger partial charge >= 0.3 is 0 Å². The summed E-state index contributed by atoms with van der Waals surface area (Å²) < 4.78 is 32.1. The summed E-state index contributed by atoms with van der Waals surface area (Å²) in [6.07, 6.45) is 1.47. The Kier molecular flexibility index (Phi) is 2.42. The number of hydrogen-bond donors (Lipinski definition) is 1. The van der Waals surface area contributed by atoms with Gasteiger partial charge < -0.3 is 10.5 Å². The van der Waals surface area contributed by atoms with Crippen molar-refractivity contribution in [1.29, 1.82) is 0 Å². The Morgan fingerprint density at radius 2 is 2.00 bits per heavy atom. The topological polar surface area (TPSA) is 35.2 Å². The fourth-order valence-corrected chi connectivity index (χ4v) is 1.97. The molecule has 0 heterocycles. The quantitative estimate of drug-likeness (QED) is 0.861. The lowest BCUT2D eigenvalue weighted by atomic mass is 9.94. The number of benzene rings is 1. The highest BCUT2D eigenvalue weighted by molar-refractivity contribution is 5.49. The molecule has 1 aromatic rings. The maximum atomic E-state index is 13.5. The number of nitrogens with two attached hydrogens (primary N) is 1. The van der Waals surface area contributed by atoms with Gasteiger partial charge in [-0.15, -0.1) is 0 Å². The Morgan fingerprint density at radius 3 is 2.44 bits per heavy atom. The summed E-state index contributed by atoms with van der Waals surface area (Å²) in [6.45, 7) is 0.886. The van der Waals surface area contributed by atoms with E-state index in [0.29, 0.717) is 11.3 Å². The zero-order valence-electron chi connectivity index (χ0n) is 9.39. The smallest absolute Gasteiger partial charge is 0.270 e. The summed E-state index contributed by atoms with van der Waals surface area (Å²) in [5.41, 5.74) is 5.85. The molecule has 88 valence electrons. The van der Waals surface area contributed by atoms with E-state index < -0.39 is 11.5 Å². The summed E-state index contributed by atoms with van der Waals surface area (Å²) in [7, 11) is 1.47. The predicted octanol–water partition coefficient (Wildman–Crippen LogP) is 2.75. The van der Waals surface area contributed by atoms with Crippen LogP contribution in [0, 0.1) is 0 Å². The second kappa shape index (κ2) is 3.42. The molecule has 0 radical (unpaired) electrons. The predicted molar refractivity (Wildman–Crippen MR) is 57.7 cm³/mol. The third-order valence-corrected chi connectivity index (χ3v) is 3.01. The molecule has 2 N–H and O–H groups in total. The summed E-state index contributed by atoms with van der Waals surface area (Å²) in [5, 5.41) is 0. The van der Waals surface area contributed by atoms with Crippen LogP contribution >= 0.6 is 0 Å². The van der Waals surface area contributed by atoms with Gasteiger partial charge in [-0.3, -0.25) is 0 Å². The van der Waals surface area contributed by atoms with Crippen molar-refractivity contribution in [2.24, 2.45) is 5.73 Å².